The van der Waals surface area contributed by atoms with E-state index in [1.165, 1.54) is 13.2 Å². The first kappa shape index (κ1) is 19.3. The third-order valence-corrected chi connectivity index (χ3v) is 3.96. The number of nitrogens with zero attached hydrogens (tertiary/aromatic N) is 2. The molecule has 2 N–H and O–H groups in total. The SMILES string of the molecule is COc1cc(C=C(C#N)C(N)=S)cc(Cl)c1OCc1ccccc1C#N. The average molecular weight is 384 g/mol. The van der Waals surface area contributed by atoms with Crippen LogP contribution in [0.15, 0.2) is 42.0 Å². The van der Waals surface area contributed by atoms with Crippen molar-refractivity contribution in [1.82, 2.24) is 0 Å². The van der Waals surface area contributed by atoms with E-state index in [0.29, 0.717) is 27.6 Å². The van der Waals surface area contributed by atoms with Crippen LogP contribution in [0, 0.1) is 22.7 Å². The highest BCUT2D eigenvalue weighted by Crippen LogP contribution is 2.37. The average Bonchev–Trinajstić information content (AvgIpc) is 2.64. The lowest BCUT2D eigenvalue weighted by Crippen LogP contribution is -2.09. The van der Waals surface area contributed by atoms with Crippen molar-refractivity contribution in [3.63, 3.8) is 0 Å². The summed E-state index contributed by atoms with van der Waals surface area (Å²) in [6.07, 6.45) is 1.52. The van der Waals surface area contributed by atoms with Gasteiger partial charge in [-0.2, -0.15) is 10.5 Å². The predicted octanol–water partition coefficient (Wildman–Crippen LogP) is 3.99. The monoisotopic (exact) mass is 383 g/mol. The summed E-state index contributed by atoms with van der Waals surface area (Å²) in [5.41, 5.74) is 7.52. The Morgan fingerprint density at radius 1 is 1.31 bits per heavy atom. The number of benzene rings is 2. The molecule has 0 spiro atoms. The van der Waals surface area contributed by atoms with E-state index >= 15 is 0 Å². The first-order chi connectivity index (χ1) is 12.5. The van der Waals surface area contributed by atoms with Crippen molar-refractivity contribution in [2.45, 2.75) is 6.61 Å². The molecule has 0 atom stereocenters. The van der Waals surface area contributed by atoms with Crippen LogP contribution in [0.5, 0.6) is 11.5 Å². The molecule has 0 aliphatic rings. The van der Waals surface area contributed by atoms with Gasteiger partial charge in [-0.25, -0.2) is 0 Å². The minimum atomic E-state index is -0.00368. The lowest BCUT2D eigenvalue weighted by atomic mass is 10.1. The van der Waals surface area contributed by atoms with Gasteiger partial charge in [0.05, 0.1) is 29.3 Å². The van der Waals surface area contributed by atoms with Crippen molar-refractivity contribution >= 4 is 34.9 Å². The van der Waals surface area contributed by atoms with E-state index in [1.54, 1.807) is 30.3 Å². The third-order valence-electron chi connectivity index (χ3n) is 3.46. The Bertz CT molecular complexity index is 958. The quantitative estimate of drug-likeness (QED) is 0.460. The third kappa shape index (κ3) is 4.52. The van der Waals surface area contributed by atoms with E-state index in [9.17, 15) is 0 Å². The molecule has 5 nitrogen and oxygen atoms in total. The summed E-state index contributed by atoms with van der Waals surface area (Å²) < 4.78 is 11.1. The molecule has 0 radical (unpaired) electrons. The minimum Gasteiger partial charge on any atom is -0.493 e. The number of nitrogens with two attached hydrogens (primary N) is 1. The maximum Gasteiger partial charge on any atom is 0.180 e. The fourth-order valence-electron chi connectivity index (χ4n) is 2.19. The molecule has 0 saturated heterocycles. The van der Waals surface area contributed by atoms with Gasteiger partial charge >= 0.3 is 0 Å². The molecular weight excluding hydrogens is 370 g/mol. The van der Waals surface area contributed by atoms with Crippen LogP contribution in [0.4, 0.5) is 0 Å². The van der Waals surface area contributed by atoms with Crippen LogP contribution in [0.1, 0.15) is 16.7 Å². The zero-order valence-corrected chi connectivity index (χ0v) is 15.4. The molecule has 0 aromatic heterocycles. The van der Waals surface area contributed by atoms with Gasteiger partial charge in [-0.1, -0.05) is 42.0 Å². The lowest BCUT2D eigenvalue weighted by Gasteiger charge is -2.14. The number of halogens is 1. The maximum atomic E-state index is 9.15. The zero-order chi connectivity index (χ0) is 19.1. The summed E-state index contributed by atoms with van der Waals surface area (Å²) in [5, 5.41) is 18.5. The summed E-state index contributed by atoms with van der Waals surface area (Å²) in [6.45, 7) is 0.158. The molecule has 2 aromatic rings. The summed E-state index contributed by atoms with van der Waals surface area (Å²) in [5.74, 6) is 0.728. The molecule has 2 aromatic carbocycles. The standard InChI is InChI=1S/C19H14ClN3O2S/c1-24-17-8-12(6-15(10-22)19(23)26)7-16(20)18(17)25-11-14-5-3-2-4-13(14)9-21/h2-8H,11H2,1H3,(H2,23,26). The van der Waals surface area contributed by atoms with E-state index in [2.05, 4.69) is 6.07 Å². The molecule has 7 heteroatoms. The Hall–Kier alpha value is -3.06. The molecule has 0 unspecified atom stereocenters. The second-order valence-corrected chi connectivity index (χ2v) is 5.97. The number of rotatable bonds is 6. The highest BCUT2D eigenvalue weighted by atomic mass is 35.5. The maximum absolute atomic E-state index is 9.15. The van der Waals surface area contributed by atoms with Crippen LogP contribution in [0.3, 0.4) is 0 Å². The Labute approximate surface area is 161 Å². The van der Waals surface area contributed by atoms with E-state index in [4.69, 9.17) is 49.5 Å². The predicted molar refractivity (Wildman–Crippen MR) is 104 cm³/mol. The molecule has 0 fully saturated rings. The highest BCUT2D eigenvalue weighted by Gasteiger charge is 2.13. The Morgan fingerprint density at radius 3 is 2.65 bits per heavy atom. The molecule has 26 heavy (non-hydrogen) atoms. The minimum absolute atomic E-state index is 0.00368. The van der Waals surface area contributed by atoms with Gasteiger partial charge in [0, 0.05) is 5.56 Å². The fraction of sp³-hybridized carbons (Fsp3) is 0.105. The Kier molecular flexibility index (Phi) is 6.57. The highest BCUT2D eigenvalue weighted by molar-refractivity contribution is 7.80. The second kappa shape index (κ2) is 8.87. The Morgan fingerprint density at radius 2 is 2.04 bits per heavy atom. The molecule has 0 aliphatic carbocycles. The van der Waals surface area contributed by atoms with Gasteiger partial charge < -0.3 is 15.2 Å². The largest absolute Gasteiger partial charge is 0.493 e. The van der Waals surface area contributed by atoms with Crippen molar-refractivity contribution in [3.05, 3.63) is 63.7 Å². The van der Waals surface area contributed by atoms with Crippen LogP contribution in [0.25, 0.3) is 6.08 Å². The number of thiocarbonyl (C=S) groups is 1. The van der Waals surface area contributed by atoms with Crippen molar-refractivity contribution in [2.75, 3.05) is 7.11 Å². The second-order valence-electron chi connectivity index (χ2n) is 5.13. The number of ether oxygens (including phenoxy) is 2. The summed E-state index contributed by atoms with van der Waals surface area (Å²) >= 11 is 11.1. The molecule has 0 aliphatic heterocycles. The summed E-state index contributed by atoms with van der Waals surface area (Å²) in [6, 6.07) is 14.4. The van der Waals surface area contributed by atoms with E-state index in [-0.39, 0.29) is 17.2 Å². The van der Waals surface area contributed by atoms with E-state index < -0.39 is 0 Å². The molecule has 0 saturated carbocycles. The van der Waals surface area contributed by atoms with Gasteiger partial charge in [-0.15, -0.1) is 0 Å². The number of methoxy groups -OCH3 is 1. The Balaban J connectivity index is 2.34. The number of hydrogen-bond acceptors (Lipinski definition) is 5. The smallest absolute Gasteiger partial charge is 0.180 e. The van der Waals surface area contributed by atoms with E-state index in [0.717, 1.165) is 5.56 Å². The van der Waals surface area contributed by atoms with Crippen molar-refractivity contribution < 1.29 is 9.47 Å². The first-order valence-electron chi connectivity index (χ1n) is 7.40. The number of nitriles is 2. The summed E-state index contributed by atoms with van der Waals surface area (Å²) in [7, 11) is 1.48. The van der Waals surface area contributed by atoms with Gasteiger partial charge in [0.2, 0.25) is 0 Å². The lowest BCUT2D eigenvalue weighted by molar-refractivity contribution is 0.284. The molecule has 2 rings (SSSR count). The molecule has 0 bridgehead atoms. The van der Waals surface area contributed by atoms with Crippen LogP contribution in [0.2, 0.25) is 5.02 Å². The fourth-order valence-corrected chi connectivity index (χ4v) is 2.57. The molecule has 0 amide bonds. The van der Waals surface area contributed by atoms with Gasteiger partial charge in [0.15, 0.2) is 11.5 Å². The van der Waals surface area contributed by atoms with Gasteiger partial charge in [-0.05, 0) is 29.8 Å². The van der Waals surface area contributed by atoms with Gasteiger partial charge in [-0.3, -0.25) is 0 Å². The van der Waals surface area contributed by atoms with Gasteiger partial charge in [0.1, 0.15) is 17.7 Å². The van der Waals surface area contributed by atoms with Crippen LogP contribution >= 0.6 is 23.8 Å². The van der Waals surface area contributed by atoms with Crippen LogP contribution in [-0.4, -0.2) is 12.1 Å². The van der Waals surface area contributed by atoms with Crippen molar-refractivity contribution in [1.29, 1.82) is 10.5 Å². The molecule has 0 heterocycles. The van der Waals surface area contributed by atoms with Crippen molar-refractivity contribution in [3.8, 4) is 23.6 Å². The van der Waals surface area contributed by atoms with Gasteiger partial charge in [0.25, 0.3) is 0 Å². The molecular formula is C19H14ClN3O2S. The van der Waals surface area contributed by atoms with Crippen LogP contribution in [-0.2, 0) is 6.61 Å². The summed E-state index contributed by atoms with van der Waals surface area (Å²) in [4.78, 5) is -0.00368. The molecule has 130 valence electrons. The first-order valence-corrected chi connectivity index (χ1v) is 8.18. The number of hydrogen-bond donors (Lipinski definition) is 1. The van der Waals surface area contributed by atoms with Crippen LogP contribution < -0.4 is 15.2 Å². The zero-order valence-electron chi connectivity index (χ0n) is 13.8. The van der Waals surface area contributed by atoms with E-state index in [1.807, 2.05) is 12.1 Å². The van der Waals surface area contributed by atoms with Crippen molar-refractivity contribution in [2.24, 2.45) is 5.73 Å². The topological polar surface area (TPSA) is 92.1 Å². The normalized spacial score (nSPS) is 10.5.